The van der Waals surface area contributed by atoms with Crippen molar-refractivity contribution in [2.45, 2.75) is 6.61 Å². The van der Waals surface area contributed by atoms with Crippen LogP contribution in [0.5, 0.6) is 11.5 Å². The molecule has 0 spiro atoms. The lowest BCUT2D eigenvalue weighted by molar-refractivity contribution is -0.147. The maximum Gasteiger partial charge on any atom is 0.344 e. The van der Waals surface area contributed by atoms with Crippen LogP contribution in [-0.2, 0) is 16.1 Å². The predicted molar refractivity (Wildman–Crippen MR) is 90.1 cm³/mol. The zero-order chi connectivity index (χ0) is 19.2. The Balaban J connectivity index is 1.51. The quantitative estimate of drug-likeness (QED) is 0.586. The van der Waals surface area contributed by atoms with Gasteiger partial charge < -0.3 is 18.7 Å². The van der Waals surface area contributed by atoms with Gasteiger partial charge in [-0.25, -0.2) is 13.6 Å². The van der Waals surface area contributed by atoms with Gasteiger partial charge in [0.15, 0.2) is 12.4 Å². The maximum atomic E-state index is 13.7. The predicted octanol–water partition coefficient (Wildman–Crippen LogP) is 3.75. The molecular formula is C19H15F2NO5. The molecule has 2 aromatic carbocycles. The van der Waals surface area contributed by atoms with Gasteiger partial charge in [-0.1, -0.05) is 5.16 Å². The number of benzene rings is 2. The fourth-order valence-electron chi connectivity index (χ4n) is 2.21. The fraction of sp³-hybridized carbons (Fsp3) is 0.158. The van der Waals surface area contributed by atoms with E-state index in [9.17, 15) is 13.6 Å². The minimum atomic E-state index is -0.775. The van der Waals surface area contributed by atoms with Gasteiger partial charge >= 0.3 is 5.97 Å². The van der Waals surface area contributed by atoms with Crippen LogP contribution in [0.3, 0.4) is 0 Å². The number of carbonyl (C=O) groups excluding carboxylic acids is 1. The number of aromatic nitrogens is 1. The number of methoxy groups -OCH3 is 1. The summed E-state index contributed by atoms with van der Waals surface area (Å²) < 4.78 is 47.0. The van der Waals surface area contributed by atoms with Crippen LogP contribution in [0.2, 0.25) is 0 Å². The summed E-state index contributed by atoms with van der Waals surface area (Å²) in [5.41, 5.74) is 0.343. The number of nitrogens with zero attached hydrogens (tertiary/aromatic N) is 1. The van der Waals surface area contributed by atoms with Gasteiger partial charge in [-0.15, -0.1) is 0 Å². The highest BCUT2D eigenvalue weighted by Crippen LogP contribution is 2.24. The Morgan fingerprint density at radius 2 is 1.81 bits per heavy atom. The third-order valence-corrected chi connectivity index (χ3v) is 3.55. The summed E-state index contributed by atoms with van der Waals surface area (Å²) in [5.74, 6) is -0.812. The third-order valence-electron chi connectivity index (χ3n) is 3.55. The molecule has 140 valence electrons. The molecule has 0 amide bonds. The highest BCUT2D eigenvalue weighted by atomic mass is 19.1. The van der Waals surface area contributed by atoms with Crippen molar-refractivity contribution in [3.8, 4) is 22.8 Å². The van der Waals surface area contributed by atoms with Crippen molar-refractivity contribution in [3.63, 3.8) is 0 Å². The highest BCUT2D eigenvalue weighted by Gasteiger charge is 2.13. The lowest BCUT2D eigenvalue weighted by Crippen LogP contribution is -2.14. The Morgan fingerprint density at radius 1 is 1.07 bits per heavy atom. The number of hydrogen-bond acceptors (Lipinski definition) is 6. The average Bonchev–Trinajstić information content (AvgIpc) is 3.14. The van der Waals surface area contributed by atoms with Crippen molar-refractivity contribution in [1.29, 1.82) is 0 Å². The van der Waals surface area contributed by atoms with Crippen LogP contribution >= 0.6 is 0 Å². The second-order valence-electron chi connectivity index (χ2n) is 5.43. The molecule has 0 radical (unpaired) electrons. The lowest BCUT2D eigenvalue weighted by atomic mass is 10.1. The zero-order valence-electron chi connectivity index (χ0n) is 14.3. The molecule has 0 N–H and O–H groups in total. The Hall–Kier alpha value is -3.42. The van der Waals surface area contributed by atoms with E-state index < -0.39 is 17.6 Å². The Morgan fingerprint density at radius 3 is 2.52 bits per heavy atom. The number of halogens is 2. The third kappa shape index (κ3) is 4.81. The zero-order valence-corrected chi connectivity index (χ0v) is 14.3. The first kappa shape index (κ1) is 18.4. The monoisotopic (exact) mass is 375 g/mol. The molecule has 0 atom stereocenters. The van der Waals surface area contributed by atoms with Gasteiger partial charge in [-0.2, -0.15) is 0 Å². The smallest absolute Gasteiger partial charge is 0.344 e. The Labute approximate surface area is 153 Å². The molecule has 27 heavy (non-hydrogen) atoms. The van der Waals surface area contributed by atoms with Gasteiger partial charge in [0.2, 0.25) is 0 Å². The standard InChI is InChI=1S/C19H15F2NO5/c1-24-14-3-5-15(6-4-14)25-11-19(23)26-10-13-9-18(27-22-13)16-7-2-12(20)8-17(16)21/h2-9H,10-11H2,1H3. The number of hydrogen-bond donors (Lipinski definition) is 0. The number of rotatable bonds is 7. The molecule has 8 heteroatoms. The summed E-state index contributed by atoms with van der Waals surface area (Å²) in [7, 11) is 1.55. The van der Waals surface area contributed by atoms with Crippen molar-refractivity contribution < 1.29 is 32.3 Å². The first-order chi connectivity index (χ1) is 13.0. The van der Waals surface area contributed by atoms with Crippen LogP contribution in [0, 0.1) is 11.6 Å². The molecule has 0 aliphatic heterocycles. The van der Waals surface area contributed by atoms with Crippen LogP contribution in [0.1, 0.15) is 5.69 Å². The molecule has 1 aromatic heterocycles. The van der Waals surface area contributed by atoms with E-state index in [0.717, 1.165) is 12.1 Å². The van der Waals surface area contributed by atoms with Gasteiger partial charge in [-0.3, -0.25) is 0 Å². The number of carbonyl (C=O) groups is 1. The van der Waals surface area contributed by atoms with E-state index >= 15 is 0 Å². The summed E-state index contributed by atoms with van der Waals surface area (Å²) in [6.07, 6.45) is 0. The molecule has 3 aromatic rings. The highest BCUT2D eigenvalue weighted by molar-refractivity contribution is 5.71. The Bertz CT molecular complexity index is 924. The van der Waals surface area contributed by atoms with Crippen molar-refractivity contribution >= 4 is 5.97 Å². The molecule has 0 saturated heterocycles. The van der Waals surface area contributed by atoms with Gasteiger partial charge in [0.05, 0.1) is 12.7 Å². The topological polar surface area (TPSA) is 70.8 Å². The molecule has 6 nitrogen and oxygen atoms in total. The minimum absolute atomic E-state index is 0.0596. The summed E-state index contributed by atoms with van der Waals surface area (Å²) in [6.45, 7) is -0.458. The van der Waals surface area contributed by atoms with E-state index in [0.29, 0.717) is 11.5 Å². The SMILES string of the molecule is COc1ccc(OCC(=O)OCc2cc(-c3ccc(F)cc3F)on2)cc1. The van der Waals surface area contributed by atoms with E-state index in [1.54, 1.807) is 31.4 Å². The molecular weight excluding hydrogens is 360 g/mol. The Kier molecular flexibility index (Phi) is 5.65. The van der Waals surface area contributed by atoms with Crippen molar-refractivity contribution in [3.05, 3.63) is 65.9 Å². The van der Waals surface area contributed by atoms with E-state index in [1.165, 1.54) is 12.1 Å². The summed E-state index contributed by atoms with van der Waals surface area (Å²) in [6, 6.07) is 11.2. The van der Waals surface area contributed by atoms with Gasteiger partial charge in [0.25, 0.3) is 0 Å². The van der Waals surface area contributed by atoms with Crippen LogP contribution in [0.4, 0.5) is 8.78 Å². The molecule has 3 rings (SSSR count). The second-order valence-corrected chi connectivity index (χ2v) is 5.43. The van der Waals surface area contributed by atoms with E-state index in [-0.39, 0.29) is 30.2 Å². The molecule has 0 bridgehead atoms. The minimum Gasteiger partial charge on any atom is -0.497 e. The van der Waals surface area contributed by atoms with Crippen LogP contribution < -0.4 is 9.47 Å². The lowest BCUT2D eigenvalue weighted by Gasteiger charge is -2.06. The first-order valence-corrected chi connectivity index (χ1v) is 7.88. The van der Waals surface area contributed by atoms with Crippen LogP contribution in [0.15, 0.2) is 53.1 Å². The maximum absolute atomic E-state index is 13.7. The summed E-state index contributed by atoms with van der Waals surface area (Å²) in [5, 5.41) is 3.70. The van der Waals surface area contributed by atoms with Gasteiger partial charge in [0.1, 0.15) is 35.4 Å². The van der Waals surface area contributed by atoms with Crippen molar-refractivity contribution in [1.82, 2.24) is 5.16 Å². The molecule has 0 aliphatic rings. The molecule has 1 heterocycles. The molecule has 0 unspecified atom stereocenters. The van der Waals surface area contributed by atoms with Crippen molar-refractivity contribution in [2.24, 2.45) is 0 Å². The molecule has 0 saturated carbocycles. The molecule has 0 aliphatic carbocycles. The van der Waals surface area contributed by atoms with E-state index in [2.05, 4.69) is 5.16 Å². The molecule has 0 fully saturated rings. The van der Waals surface area contributed by atoms with Gasteiger partial charge in [-0.05, 0) is 36.4 Å². The average molecular weight is 375 g/mol. The second kappa shape index (κ2) is 8.31. The largest absolute Gasteiger partial charge is 0.497 e. The number of ether oxygens (including phenoxy) is 3. The number of esters is 1. The van der Waals surface area contributed by atoms with Crippen LogP contribution in [-0.4, -0.2) is 24.8 Å². The van der Waals surface area contributed by atoms with Crippen molar-refractivity contribution in [2.75, 3.05) is 13.7 Å². The fourth-order valence-corrected chi connectivity index (χ4v) is 2.21. The van der Waals surface area contributed by atoms with E-state index in [1.807, 2.05) is 0 Å². The normalized spacial score (nSPS) is 10.5. The summed E-state index contributed by atoms with van der Waals surface area (Å²) >= 11 is 0. The summed E-state index contributed by atoms with van der Waals surface area (Å²) in [4.78, 5) is 11.7. The van der Waals surface area contributed by atoms with Crippen LogP contribution in [0.25, 0.3) is 11.3 Å². The first-order valence-electron chi connectivity index (χ1n) is 7.88. The van der Waals surface area contributed by atoms with E-state index in [4.69, 9.17) is 18.7 Å². The van der Waals surface area contributed by atoms with Gasteiger partial charge in [0, 0.05) is 12.1 Å².